The molecule has 1 aromatic heterocycles. The maximum Gasteiger partial charge on any atom is 0.355 e. The Hall–Kier alpha value is -1.38. The molecule has 1 atom stereocenters. The van der Waals surface area contributed by atoms with E-state index in [1.807, 2.05) is 12.3 Å². The van der Waals surface area contributed by atoms with Crippen LogP contribution in [-0.2, 0) is 16.6 Å². The van der Waals surface area contributed by atoms with Gasteiger partial charge in [-0.05, 0) is 12.1 Å². The van der Waals surface area contributed by atoms with E-state index >= 15 is 0 Å². The van der Waals surface area contributed by atoms with Gasteiger partial charge < -0.3 is 0 Å². The standard InChI is InChI=1S/C10H8ClN4S/c11-9-2-1-8(5-14-9)6-16-4-3-13-10(16)15-7-12/h1-3,5H,4,6H2/q+1. The molecule has 0 bridgehead atoms. The van der Waals surface area contributed by atoms with Gasteiger partial charge >= 0.3 is 5.17 Å². The van der Waals surface area contributed by atoms with Crippen molar-refractivity contribution in [1.29, 1.82) is 5.26 Å². The van der Waals surface area contributed by atoms with Crippen molar-refractivity contribution >= 4 is 33.9 Å². The predicted molar refractivity (Wildman–Crippen MR) is 66.7 cm³/mol. The van der Waals surface area contributed by atoms with Crippen LogP contribution in [0.15, 0.2) is 28.3 Å². The first-order valence-corrected chi connectivity index (χ1v) is 6.51. The quantitative estimate of drug-likeness (QED) is 0.457. The van der Waals surface area contributed by atoms with Gasteiger partial charge in [-0.25, -0.2) is 4.98 Å². The Morgan fingerprint density at radius 1 is 1.56 bits per heavy atom. The Morgan fingerprint density at radius 3 is 3.12 bits per heavy atom. The number of nitrogens with zero attached hydrogens (tertiary/aromatic N) is 4. The number of hydrogen-bond donors (Lipinski definition) is 0. The highest BCUT2D eigenvalue weighted by molar-refractivity contribution is 8.11. The first-order chi connectivity index (χ1) is 7.79. The lowest BCUT2D eigenvalue weighted by Gasteiger charge is -1.99. The molecule has 6 heteroatoms. The summed E-state index contributed by atoms with van der Waals surface area (Å²) in [4.78, 5) is 11.8. The second kappa shape index (κ2) is 5.10. The molecular formula is C10H8ClN4S+. The lowest BCUT2D eigenvalue weighted by molar-refractivity contribution is 1.25. The molecular weight excluding hydrogens is 244 g/mol. The number of aliphatic imine (C=N–C) groups is 2. The molecule has 1 aromatic rings. The predicted octanol–water partition coefficient (Wildman–Crippen LogP) is 1.77. The minimum atomic E-state index is -0.100. The van der Waals surface area contributed by atoms with Crippen LogP contribution >= 0.6 is 11.6 Å². The molecule has 2 heterocycles. The highest BCUT2D eigenvalue weighted by Gasteiger charge is 2.30. The molecule has 0 radical (unpaired) electrons. The second-order valence-electron chi connectivity index (χ2n) is 3.10. The molecule has 1 unspecified atom stereocenters. The number of amidine groups is 1. The van der Waals surface area contributed by atoms with Crippen LogP contribution in [0.2, 0.25) is 5.15 Å². The zero-order valence-electron chi connectivity index (χ0n) is 8.30. The molecule has 0 N–H and O–H groups in total. The molecule has 1 aliphatic heterocycles. The summed E-state index contributed by atoms with van der Waals surface area (Å²) in [5.41, 5.74) is 1.09. The van der Waals surface area contributed by atoms with Crippen LogP contribution in [-0.4, -0.2) is 22.1 Å². The van der Waals surface area contributed by atoms with Crippen molar-refractivity contribution in [3.05, 3.63) is 29.0 Å². The van der Waals surface area contributed by atoms with E-state index < -0.39 is 0 Å². The van der Waals surface area contributed by atoms with Crippen LogP contribution in [0.3, 0.4) is 0 Å². The number of nitriles is 1. The molecule has 16 heavy (non-hydrogen) atoms. The Kier molecular flexibility index (Phi) is 3.54. The van der Waals surface area contributed by atoms with Crippen molar-refractivity contribution in [2.75, 3.05) is 5.75 Å². The molecule has 4 nitrogen and oxygen atoms in total. The van der Waals surface area contributed by atoms with E-state index in [1.54, 1.807) is 18.5 Å². The molecule has 0 spiro atoms. The van der Waals surface area contributed by atoms with Gasteiger partial charge in [0.1, 0.15) is 10.9 Å². The second-order valence-corrected chi connectivity index (χ2v) is 5.46. The van der Waals surface area contributed by atoms with E-state index in [0.717, 1.165) is 17.1 Å². The SMILES string of the molecule is N#CN=C1N=CC[S+]1Cc1ccc(Cl)nc1. The summed E-state index contributed by atoms with van der Waals surface area (Å²) < 4.78 is 0. The van der Waals surface area contributed by atoms with Crippen molar-refractivity contribution in [2.45, 2.75) is 5.75 Å². The van der Waals surface area contributed by atoms with Gasteiger partial charge in [-0.1, -0.05) is 11.6 Å². The van der Waals surface area contributed by atoms with Crippen molar-refractivity contribution in [3.63, 3.8) is 0 Å². The fourth-order valence-electron chi connectivity index (χ4n) is 1.31. The van der Waals surface area contributed by atoms with Crippen LogP contribution in [0.4, 0.5) is 0 Å². The summed E-state index contributed by atoms with van der Waals surface area (Å²) in [5, 5.41) is 9.63. The van der Waals surface area contributed by atoms with Gasteiger partial charge in [-0.15, -0.1) is 4.99 Å². The van der Waals surface area contributed by atoms with Crippen LogP contribution < -0.4 is 0 Å². The van der Waals surface area contributed by atoms with Gasteiger partial charge in [0.2, 0.25) is 6.19 Å². The van der Waals surface area contributed by atoms with Crippen LogP contribution in [0.1, 0.15) is 5.56 Å². The summed E-state index contributed by atoms with van der Waals surface area (Å²) >= 11 is 5.71. The van der Waals surface area contributed by atoms with Crippen LogP contribution in [0.5, 0.6) is 0 Å². The van der Waals surface area contributed by atoms with Crippen molar-refractivity contribution < 1.29 is 0 Å². The van der Waals surface area contributed by atoms with Gasteiger partial charge in [0, 0.05) is 11.8 Å². The summed E-state index contributed by atoms with van der Waals surface area (Å²) in [6.45, 7) is 0. The smallest absolute Gasteiger partial charge is 0.244 e. The lowest BCUT2D eigenvalue weighted by Crippen LogP contribution is -2.14. The Balaban J connectivity index is 2.09. The van der Waals surface area contributed by atoms with Gasteiger partial charge in [-0.2, -0.15) is 10.3 Å². The van der Waals surface area contributed by atoms with E-state index in [9.17, 15) is 0 Å². The maximum atomic E-state index is 8.51. The number of rotatable bonds is 2. The highest BCUT2D eigenvalue weighted by atomic mass is 35.5. The molecule has 0 aliphatic carbocycles. The normalized spacial score (nSPS) is 21.2. The van der Waals surface area contributed by atoms with Gasteiger partial charge in [-0.3, -0.25) is 0 Å². The molecule has 0 saturated carbocycles. The highest BCUT2D eigenvalue weighted by Crippen LogP contribution is 2.15. The van der Waals surface area contributed by atoms with E-state index in [1.165, 1.54) is 0 Å². The topological polar surface area (TPSA) is 61.4 Å². The zero-order chi connectivity index (χ0) is 11.4. The number of pyridine rings is 1. The third-order valence-corrected chi connectivity index (χ3v) is 4.18. The van der Waals surface area contributed by atoms with E-state index in [4.69, 9.17) is 16.9 Å². The minimum Gasteiger partial charge on any atom is -0.244 e. The molecule has 1 aliphatic rings. The monoisotopic (exact) mass is 251 g/mol. The molecule has 0 saturated heterocycles. The summed E-state index contributed by atoms with van der Waals surface area (Å²) in [5.74, 6) is 1.66. The first kappa shape index (κ1) is 11.1. The number of halogens is 1. The molecule has 80 valence electrons. The molecule has 0 amide bonds. The molecule has 2 rings (SSSR count). The zero-order valence-corrected chi connectivity index (χ0v) is 9.87. The number of aromatic nitrogens is 1. The van der Waals surface area contributed by atoms with Gasteiger partial charge in [0.05, 0.1) is 17.1 Å². The maximum absolute atomic E-state index is 8.51. The summed E-state index contributed by atoms with van der Waals surface area (Å²) in [6, 6.07) is 3.70. The number of hydrogen-bond acceptors (Lipinski definition) is 3. The van der Waals surface area contributed by atoms with Gasteiger partial charge in [0.15, 0.2) is 5.75 Å². The average Bonchev–Trinajstić information content (AvgIpc) is 2.70. The Morgan fingerprint density at radius 2 is 2.44 bits per heavy atom. The van der Waals surface area contributed by atoms with Crippen molar-refractivity contribution in [3.8, 4) is 6.19 Å². The lowest BCUT2D eigenvalue weighted by atomic mass is 10.3. The first-order valence-electron chi connectivity index (χ1n) is 4.57. The summed E-state index contributed by atoms with van der Waals surface area (Å²) in [7, 11) is -0.100. The van der Waals surface area contributed by atoms with Crippen molar-refractivity contribution in [2.24, 2.45) is 9.98 Å². The van der Waals surface area contributed by atoms with E-state index in [0.29, 0.717) is 10.3 Å². The average molecular weight is 252 g/mol. The van der Waals surface area contributed by atoms with Crippen molar-refractivity contribution in [1.82, 2.24) is 4.98 Å². The summed E-state index contributed by atoms with van der Waals surface area (Å²) in [6.07, 6.45) is 5.33. The van der Waals surface area contributed by atoms with E-state index in [-0.39, 0.29) is 10.9 Å². The Labute approximate surface area is 101 Å². The Bertz CT molecular complexity index is 475. The largest absolute Gasteiger partial charge is 0.355 e. The fraction of sp³-hybridized carbons (Fsp3) is 0.200. The van der Waals surface area contributed by atoms with Crippen LogP contribution in [0, 0.1) is 11.5 Å². The molecule has 0 fully saturated rings. The van der Waals surface area contributed by atoms with Gasteiger partial charge in [0.25, 0.3) is 0 Å². The molecule has 0 aromatic carbocycles. The fourth-order valence-corrected chi connectivity index (χ4v) is 3.04. The third kappa shape index (κ3) is 2.60. The van der Waals surface area contributed by atoms with Crippen LogP contribution in [0.25, 0.3) is 0 Å². The minimum absolute atomic E-state index is 0.100. The van der Waals surface area contributed by atoms with E-state index in [2.05, 4.69) is 15.0 Å². The third-order valence-electron chi connectivity index (χ3n) is 2.01.